The molecule has 0 unspecified atom stereocenters. The van der Waals surface area contributed by atoms with Crippen molar-refractivity contribution in [2.45, 2.75) is 24.9 Å². The van der Waals surface area contributed by atoms with Crippen molar-refractivity contribution in [2.75, 3.05) is 5.32 Å². The third-order valence-electron chi connectivity index (χ3n) is 3.79. The number of hydrogen-bond acceptors (Lipinski definition) is 2. The van der Waals surface area contributed by atoms with E-state index in [1.165, 1.54) is 24.3 Å². The van der Waals surface area contributed by atoms with Crippen LogP contribution in [-0.2, 0) is 6.18 Å². The number of phenolic OH excluding ortho intramolecular Hbond substituents is 1. The highest BCUT2D eigenvalue weighted by molar-refractivity contribution is 6.31. The third kappa shape index (κ3) is 3.64. The zero-order chi connectivity index (χ0) is 17.5. The summed E-state index contributed by atoms with van der Waals surface area (Å²) in [5, 5.41) is 12.4. The van der Waals surface area contributed by atoms with Crippen LogP contribution in [0.5, 0.6) is 5.75 Å². The van der Waals surface area contributed by atoms with Gasteiger partial charge in [-0.05, 0) is 60.7 Å². The van der Waals surface area contributed by atoms with Crippen LogP contribution in [0.4, 0.5) is 18.9 Å². The molecule has 3 rings (SSSR count). The Balaban J connectivity index is 1.92. The maximum atomic E-state index is 13.0. The lowest BCUT2D eigenvalue weighted by molar-refractivity contribution is -0.137. The number of halogens is 4. The Labute approximate surface area is 141 Å². The van der Waals surface area contributed by atoms with Gasteiger partial charge in [-0.1, -0.05) is 11.6 Å². The minimum atomic E-state index is -4.50. The standard InChI is InChI=1S/C17H13ClF3NO2/c18-12-3-4-15(23)14(8-12)16(24)22-13-6-10(9-1-2-9)5-11(7-13)17(19,20)21/h3-9,23H,1-2H2,(H,22,24). The fourth-order valence-corrected chi connectivity index (χ4v) is 2.60. The van der Waals surface area contributed by atoms with Crippen molar-refractivity contribution in [1.29, 1.82) is 0 Å². The number of aromatic hydroxyl groups is 1. The number of amides is 1. The van der Waals surface area contributed by atoms with E-state index < -0.39 is 17.6 Å². The van der Waals surface area contributed by atoms with Crippen LogP contribution in [0, 0.1) is 0 Å². The van der Waals surface area contributed by atoms with Gasteiger partial charge >= 0.3 is 6.18 Å². The molecule has 1 amide bonds. The molecule has 1 aliphatic rings. The highest BCUT2D eigenvalue weighted by Crippen LogP contribution is 2.43. The summed E-state index contributed by atoms with van der Waals surface area (Å²) in [5.74, 6) is -0.926. The van der Waals surface area contributed by atoms with Gasteiger partial charge in [0.05, 0.1) is 11.1 Å². The van der Waals surface area contributed by atoms with Crippen LogP contribution in [0.15, 0.2) is 36.4 Å². The summed E-state index contributed by atoms with van der Waals surface area (Å²) in [6.07, 6.45) is -2.82. The lowest BCUT2D eigenvalue weighted by Gasteiger charge is -2.13. The van der Waals surface area contributed by atoms with Crippen LogP contribution in [0.3, 0.4) is 0 Å². The van der Waals surface area contributed by atoms with Gasteiger partial charge in [0.1, 0.15) is 5.75 Å². The van der Waals surface area contributed by atoms with Gasteiger partial charge in [0.25, 0.3) is 5.91 Å². The first-order chi connectivity index (χ1) is 11.2. The zero-order valence-corrected chi connectivity index (χ0v) is 13.1. The molecule has 2 N–H and O–H groups in total. The molecule has 1 fully saturated rings. The molecule has 1 saturated carbocycles. The fraction of sp³-hybridized carbons (Fsp3) is 0.235. The van der Waals surface area contributed by atoms with Gasteiger partial charge in [-0.2, -0.15) is 13.2 Å². The molecule has 2 aromatic rings. The number of phenols is 1. The van der Waals surface area contributed by atoms with Crippen LogP contribution in [-0.4, -0.2) is 11.0 Å². The van der Waals surface area contributed by atoms with Crippen LogP contribution in [0.2, 0.25) is 5.02 Å². The van der Waals surface area contributed by atoms with Gasteiger partial charge in [-0.15, -0.1) is 0 Å². The number of hydrogen-bond donors (Lipinski definition) is 2. The van der Waals surface area contributed by atoms with Gasteiger partial charge in [0.15, 0.2) is 0 Å². The molecule has 0 spiro atoms. The molecule has 0 aromatic heterocycles. The Kier molecular flexibility index (Phi) is 4.17. The van der Waals surface area contributed by atoms with Crippen molar-refractivity contribution in [2.24, 2.45) is 0 Å². The van der Waals surface area contributed by atoms with E-state index in [2.05, 4.69) is 5.32 Å². The van der Waals surface area contributed by atoms with Crippen LogP contribution < -0.4 is 5.32 Å². The van der Waals surface area contributed by atoms with Crippen molar-refractivity contribution in [3.05, 3.63) is 58.1 Å². The van der Waals surface area contributed by atoms with E-state index in [0.29, 0.717) is 5.56 Å². The second-order valence-electron chi connectivity index (χ2n) is 5.73. The molecule has 0 saturated heterocycles. The highest BCUT2D eigenvalue weighted by Gasteiger charge is 2.33. The minimum Gasteiger partial charge on any atom is -0.507 e. The monoisotopic (exact) mass is 355 g/mol. The van der Waals surface area contributed by atoms with Gasteiger partial charge in [0, 0.05) is 10.7 Å². The molecule has 7 heteroatoms. The first kappa shape index (κ1) is 16.6. The summed E-state index contributed by atoms with van der Waals surface area (Å²) in [7, 11) is 0. The summed E-state index contributed by atoms with van der Waals surface area (Å²) < 4.78 is 39.1. The zero-order valence-electron chi connectivity index (χ0n) is 12.3. The van der Waals surface area contributed by atoms with E-state index >= 15 is 0 Å². The third-order valence-corrected chi connectivity index (χ3v) is 4.03. The topological polar surface area (TPSA) is 49.3 Å². The van der Waals surface area contributed by atoms with E-state index in [1.54, 1.807) is 0 Å². The molecule has 0 aliphatic heterocycles. The van der Waals surface area contributed by atoms with Crippen molar-refractivity contribution in [3.8, 4) is 5.75 Å². The Morgan fingerprint density at radius 3 is 2.50 bits per heavy atom. The SMILES string of the molecule is O=C(Nc1cc(C2CC2)cc(C(F)(F)F)c1)c1cc(Cl)ccc1O. The van der Waals surface area contributed by atoms with Crippen LogP contribution in [0.25, 0.3) is 0 Å². The molecule has 1 aliphatic carbocycles. The minimum absolute atomic E-state index is 0.0381. The number of benzene rings is 2. The van der Waals surface area contributed by atoms with E-state index in [0.717, 1.165) is 25.0 Å². The number of carbonyl (C=O) groups is 1. The maximum absolute atomic E-state index is 13.0. The molecule has 0 radical (unpaired) electrons. The first-order valence-corrected chi connectivity index (χ1v) is 7.64. The van der Waals surface area contributed by atoms with Gasteiger partial charge < -0.3 is 10.4 Å². The Morgan fingerprint density at radius 2 is 1.88 bits per heavy atom. The Morgan fingerprint density at radius 1 is 1.17 bits per heavy atom. The van der Waals surface area contributed by atoms with Gasteiger partial charge in [0.2, 0.25) is 0 Å². The number of nitrogens with one attached hydrogen (secondary N) is 1. The molecule has 24 heavy (non-hydrogen) atoms. The molecular formula is C17H13ClF3NO2. The van der Waals surface area contributed by atoms with E-state index in [-0.39, 0.29) is 27.9 Å². The van der Waals surface area contributed by atoms with E-state index in [4.69, 9.17) is 11.6 Å². The highest BCUT2D eigenvalue weighted by atomic mass is 35.5. The second kappa shape index (κ2) is 6.02. The second-order valence-corrected chi connectivity index (χ2v) is 6.17. The van der Waals surface area contributed by atoms with Crippen molar-refractivity contribution < 1.29 is 23.1 Å². The van der Waals surface area contributed by atoms with E-state index in [1.807, 2.05) is 0 Å². The lowest BCUT2D eigenvalue weighted by atomic mass is 10.0. The molecule has 2 aromatic carbocycles. The number of alkyl halides is 3. The van der Waals surface area contributed by atoms with Crippen molar-refractivity contribution in [3.63, 3.8) is 0 Å². The van der Waals surface area contributed by atoms with Crippen LogP contribution >= 0.6 is 11.6 Å². The largest absolute Gasteiger partial charge is 0.507 e. The van der Waals surface area contributed by atoms with Crippen molar-refractivity contribution in [1.82, 2.24) is 0 Å². The lowest BCUT2D eigenvalue weighted by Crippen LogP contribution is -2.14. The fourth-order valence-electron chi connectivity index (χ4n) is 2.43. The van der Waals surface area contributed by atoms with Crippen molar-refractivity contribution >= 4 is 23.2 Å². The molecule has 0 bridgehead atoms. The summed E-state index contributed by atoms with van der Waals surface area (Å²) in [4.78, 5) is 12.2. The Bertz CT molecular complexity index is 801. The number of carbonyl (C=O) groups excluding carboxylic acids is 1. The summed E-state index contributed by atoms with van der Waals surface area (Å²) in [5.41, 5.74) is -0.322. The quantitative estimate of drug-likeness (QED) is 0.795. The average Bonchev–Trinajstić information content (AvgIpc) is 3.33. The molecule has 0 heterocycles. The predicted octanol–water partition coefficient (Wildman–Crippen LogP) is 5.19. The molecular weight excluding hydrogens is 343 g/mol. The van der Waals surface area contributed by atoms with Gasteiger partial charge in [-0.3, -0.25) is 4.79 Å². The molecule has 126 valence electrons. The Hall–Kier alpha value is -2.21. The summed E-state index contributed by atoms with van der Waals surface area (Å²) >= 11 is 5.78. The molecule has 3 nitrogen and oxygen atoms in total. The van der Waals surface area contributed by atoms with E-state index in [9.17, 15) is 23.1 Å². The summed E-state index contributed by atoms with van der Waals surface area (Å²) in [6.45, 7) is 0. The number of anilines is 1. The first-order valence-electron chi connectivity index (χ1n) is 7.26. The predicted molar refractivity (Wildman–Crippen MR) is 84.5 cm³/mol. The summed E-state index contributed by atoms with van der Waals surface area (Å²) in [6, 6.07) is 7.44. The number of rotatable bonds is 3. The maximum Gasteiger partial charge on any atom is 0.416 e. The molecule has 0 atom stereocenters. The normalized spacial score (nSPS) is 14.5. The average molecular weight is 356 g/mol. The smallest absolute Gasteiger partial charge is 0.416 e. The van der Waals surface area contributed by atoms with Crippen LogP contribution in [0.1, 0.15) is 40.2 Å². The van der Waals surface area contributed by atoms with Gasteiger partial charge in [-0.25, -0.2) is 0 Å².